The second-order valence-corrected chi connectivity index (χ2v) is 7.53. The van der Waals surface area contributed by atoms with Crippen LogP contribution in [0.25, 0.3) is 0 Å². The van der Waals surface area contributed by atoms with Crippen molar-refractivity contribution in [2.24, 2.45) is 5.92 Å². The van der Waals surface area contributed by atoms with Gasteiger partial charge in [0, 0.05) is 0 Å². The molecule has 0 radical (unpaired) electrons. The fourth-order valence-electron chi connectivity index (χ4n) is 2.87. The number of allylic oxidation sites excluding steroid dienone is 2. The first kappa shape index (κ1) is 20.9. The van der Waals surface area contributed by atoms with E-state index in [4.69, 9.17) is 0 Å². The van der Waals surface area contributed by atoms with E-state index in [9.17, 15) is 18.8 Å². The second kappa shape index (κ2) is 7.80. The molecular weight excluding hydrogens is 325 g/mol. The first-order valence-electron chi connectivity index (χ1n) is 8.28. The number of hydrogen-bond donors (Lipinski definition) is 0. The summed E-state index contributed by atoms with van der Waals surface area (Å²) in [6, 6.07) is 0. The third-order valence-corrected chi connectivity index (χ3v) is 3.56. The predicted molar refractivity (Wildman–Crippen MR) is 97.8 cm³/mol. The van der Waals surface area contributed by atoms with Gasteiger partial charge in [0.2, 0.25) is 0 Å². The monoisotopic (exact) mass is 353 g/mol. The molecule has 0 spiro atoms. The van der Waals surface area contributed by atoms with Crippen LogP contribution in [0.2, 0.25) is 0 Å². The van der Waals surface area contributed by atoms with Crippen LogP contribution in [0, 0.1) is 5.92 Å². The normalized spacial score (nSPS) is 13.7. The summed E-state index contributed by atoms with van der Waals surface area (Å²) in [5.74, 6) is 0.0599. The summed E-state index contributed by atoms with van der Waals surface area (Å²) in [5, 5.41) is 0. The summed E-state index contributed by atoms with van der Waals surface area (Å²) in [6.07, 6.45) is 0.193. The van der Waals surface area contributed by atoms with Gasteiger partial charge in [0.1, 0.15) is 5.67 Å². The van der Waals surface area contributed by atoms with Gasteiger partial charge in [-0.3, -0.25) is 0 Å². The average Bonchev–Trinajstić information content (AvgIpc) is 2.42. The maximum atomic E-state index is 14.8. The molecule has 1 heterocycles. The van der Waals surface area contributed by atoms with Crippen molar-refractivity contribution in [1.82, 2.24) is 13.7 Å². The molecule has 6 nitrogen and oxygen atoms in total. The highest BCUT2D eigenvalue weighted by atomic mass is 19.1. The van der Waals surface area contributed by atoms with E-state index >= 15 is 0 Å². The molecular formula is C18H28FN3O3. The van der Waals surface area contributed by atoms with Gasteiger partial charge in [-0.15, -0.1) is 0 Å². The number of hydrogen-bond acceptors (Lipinski definition) is 3. The molecule has 1 rings (SSSR count). The Bertz CT molecular complexity index is 786. The van der Waals surface area contributed by atoms with E-state index in [1.165, 1.54) is 6.92 Å². The summed E-state index contributed by atoms with van der Waals surface area (Å²) in [4.78, 5) is 37.8. The Morgan fingerprint density at radius 2 is 1.32 bits per heavy atom. The Morgan fingerprint density at radius 3 is 1.64 bits per heavy atom. The van der Waals surface area contributed by atoms with Gasteiger partial charge in [-0.2, -0.15) is 0 Å². The molecule has 0 aromatic carbocycles. The van der Waals surface area contributed by atoms with Crippen molar-refractivity contribution in [3.05, 3.63) is 55.8 Å². The van der Waals surface area contributed by atoms with E-state index in [1.807, 2.05) is 13.8 Å². The highest BCUT2D eigenvalue weighted by Gasteiger charge is 2.28. The van der Waals surface area contributed by atoms with Crippen LogP contribution in [0.15, 0.2) is 38.7 Å². The van der Waals surface area contributed by atoms with Crippen LogP contribution >= 0.6 is 0 Å². The molecule has 0 bridgehead atoms. The van der Waals surface area contributed by atoms with Crippen LogP contribution in [0.5, 0.6) is 0 Å². The van der Waals surface area contributed by atoms with Crippen molar-refractivity contribution in [2.45, 2.75) is 66.3 Å². The van der Waals surface area contributed by atoms with Crippen LogP contribution in [0.1, 0.15) is 41.0 Å². The molecule has 1 aromatic heterocycles. The minimum atomic E-state index is -1.75. The molecule has 0 aliphatic rings. The van der Waals surface area contributed by atoms with Crippen molar-refractivity contribution in [1.29, 1.82) is 0 Å². The zero-order valence-electron chi connectivity index (χ0n) is 15.8. The van der Waals surface area contributed by atoms with Crippen molar-refractivity contribution in [2.75, 3.05) is 0 Å². The lowest BCUT2D eigenvalue weighted by Crippen LogP contribution is -2.56. The number of alkyl halides is 1. The summed E-state index contributed by atoms with van der Waals surface area (Å²) < 4.78 is 17.5. The van der Waals surface area contributed by atoms with Gasteiger partial charge in [-0.1, -0.05) is 38.2 Å². The molecule has 1 atom stereocenters. The average molecular weight is 353 g/mol. The third-order valence-electron chi connectivity index (χ3n) is 3.56. The van der Waals surface area contributed by atoms with Crippen molar-refractivity contribution < 1.29 is 4.39 Å². The van der Waals surface area contributed by atoms with E-state index in [0.717, 1.165) is 13.7 Å². The van der Waals surface area contributed by atoms with E-state index < -0.39 is 29.3 Å². The minimum Gasteiger partial charge on any atom is -0.247 e. The predicted octanol–water partition coefficient (Wildman–Crippen LogP) is 2.10. The maximum Gasteiger partial charge on any atom is 0.336 e. The Kier molecular flexibility index (Phi) is 6.51. The van der Waals surface area contributed by atoms with E-state index in [-0.39, 0.29) is 25.4 Å². The molecule has 1 aromatic rings. The van der Waals surface area contributed by atoms with Gasteiger partial charge >= 0.3 is 17.1 Å². The molecule has 0 aliphatic carbocycles. The number of nitrogens with zero attached hydrogens (tertiary/aromatic N) is 3. The molecule has 25 heavy (non-hydrogen) atoms. The first-order chi connectivity index (χ1) is 11.4. The minimum absolute atomic E-state index is 0.0265. The van der Waals surface area contributed by atoms with Crippen molar-refractivity contribution >= 4 is 0 Å². The Balaban J connectivity index is 3.63. The lowest BCUT2D eigenvalue weighted by Gasteiger charge is -2.24. The zero-order chi connectivity index (χ0) is 19.5. The molecule has 0 saturated heterocycles. The van der Waals surface area contributed by atoms with Crippen LogP contribution in [0.4, 0.5) is 4.39 Å². The Labute approximate surface area is 146 Å². The number of halogens is 1. The maximum absolute atomic E-state index is 14.8. The molecule has 0 N–H and O–H groups in total. The fourth-order valence-corrected chi connectivity index (χ4v) is 2.87. The lowest BCUT2D eigenvalue weighted by atomic mass is 9.96. The number of aromatic nitrogens is 3. The molecule has 0 fully saturated rings. The zero-order valence-corrected chi connectivity index (χ0v) is 15.8. The van der Waals surface area contributed by atoms with Crippen molar-refractivity contribution in [3.8, 4) is 0 Å². The highest BCUT2D eigenvalue weighted by Crippen LogP contribution is 2.21. The molecule has 140 valence electrons. The Morgan fingerprint density at radius 1 is 0.960 bits per heavy atom. The van der Waals surface area contributed by atoms with Crippen LogP contribution in [-0.4, -0.2) is 19.4 Å². The van der Waals surface area contributed by atoms with Crippen LogP contribution < -0.4 is 17.1 Å². The van der Waals surface area contributed by atoms with Crippen LogP contribution in [0.3, 0.4) is 0 Å². The lowest BCUT2D eigenvalue weighted by molar-refractivity contribution is 0.122. The molecule has 0 amide bonds. The van der Waals surface area contributed by atoms with Gasteiger partial charge in [-0.25, -0.2) is 32.5 Å². The van der Waals surface area contributed by atoms with E-state index in [0.29, 0.717) is 11.1 Å². The standard InChI is InChI=1S/C18H28FN3O3/c1-12(2)8-18(7,19)11-22-16(24)20(9-13(3)4)15(23)21(17(22)25)10-14(5)6/h12H,3,5,8-11H2,1-2,4,6-7H3. The molecule has 0 aliphatic heterocycles. The van der Waals surface area contributed by atoms with Gasteiger partial charge in [0.05, 0.1) is 19.6 Å². The van der Waals surface area contributed by atoms with Gasteiger partial charge < -0.3 is 0 Å². The SMILES string of the molecule is C=C(C)Cn1c(=O)n(CC(=C)C)c(=O)n(CC(C)(F)CC(C)C)c1=O. The summed E-state index contributed by atoms with van der Waals surface area (Å²) >= 11 is 0. The van der Waals surface area contributed by atoms with Gasteiger partial charge in [0.15, 0.2) is 0 Å². The number of rotatable bonds is 8. The van der Waals surface area contributed by atoms with Crippen molar-refractivity contribution in [3.63, 3.8) is 0 Å². The Hall–Kier alpha value is -2.18. The highest BCUT2D eigenvalue weighted by molar-refractivity contribution is 4.95. The van der Waals surface area contributed by atoms with Crippen LogP contribution in [-0.2, 0) is 19.6 Å². The smallest absolute Gasteiger partial charge is 0.247 e. The largest absolute Gasteiger partial charge is 0.336 e. The molecule has 1 unspecified atom stereocenters. The topological polar surface area (TPSA) is 66.0 Å². The molecule has 0 saturated carbocycles. The van der Waals surface area contributed by atoms with Gasteiger partial charge in [0.25, 0.3) is 0 Å². The first-order valence-corrected chi connectivity index (χ1v) is 8.28. The summed E-state index contributed by atoms with van der Waals surface area (Å²) in [7, 11) is 0. The summed E-state index contributed by atoms with van der Waals surface area (Å²) in [6.45, 7) is 15.4. The second-order valence-electron chi connectivity index (χ2n) is 7.53. The summed E-state index contributed by atoms with van der Waals surface area (Å²) in [5.41, 5.74) is -2.95. The third kappa shape index (κ3) is 5.41. The fraction of sp³-hybridized carbons (Fsp3) is 0.611. The van der Waals surface area contributed by atoms with Gasteiger partial charge in [-0.05, 0) is 33.1 Å². The quantitative estimate of drug-likeness (QED) is 0.672. The van der Waals surface area contributed by atoms with E-state index in [2.05, 4.69) is 13.2 Å². The molecule has 7 heteroatoms. The van der Waals surface area contributed by atoms with E-state index in [1.54, 1.807) is 13.8 Å².